The highest BCUT2D eigenvalue weighted by molar-refractivity contribution is 4.48. The highest BCUT2D eigenvalue weighted by Gasteiger charge is 1.81. The molecular formula is C6H15N2. The van der Waals surface area contributed by atoms with Crippen LogP contribution in [0.5, 0.6) is 0 Å². The van der Waals surface area contributed by atoms with Gasteiger partial charge in [-0.2, -0.15) is 0 Å². The van der Waals surface area contributed by atoms with Gasteiger partial charge in [-0.25, -0.2) is 0 Å². The van der Waals surface area contributed by atoms with Crippen molar-refractivity contribution in [3.05, 3.63) is 6.92 Å². The van der Waals surface area contributed by atoms with Crippen molar-refractivity contribution in [1.82, 2.24) is 5.32 Å². The van der Waals surface area contributed by atoms with Gasteiger partial charge in [0.15, 0.2) is 0 Å². The molecule has 0 amide bonds. The van der Waals surface area contributed by atoms with E-state index in [-0.39, 0.29) is 0 Å². The van der Waals surface area contributed by atoms with Crippen LogP contribution in [0.25, 0.3) is 0 Å². The SMILES string of the molecule is [CH2]CNCCCCN. The van der Waals surface area contributed by atoms with Crippen molar-refractivity contribution in [2.75, 3.05) is 19.6 Å². The lowest BCUT2D eigenvalue weighted by Crippen LogP contribution is -2.15. The van der Waals surface area contributed by atoms with Gasteiger partial charge in [0.25, 0.3) is 0 Å². The Kier molecular flexibility index (Phi) is 6.85. The second-order valence-corrected chi connectivity index (χ2v) is 1.75. The van der Waals surface area contributed by atoms with Gasteiger partial charge in [-0.1, -0.05) is 0 Å². The van der Waals surface area contributed by atoms with Crippen LogP contribution in [0.4, 0.5) is 0 Å². The quantitative estimate of drug-likeness (QED) is 0.500. The Hall–Kier alpha value is -0.0800. The fraction of sp³-hybridized carbons (Fsp3) is 0.833. The zero-order valence-corrected chi connectivity index (χ0v) is 5.32. The summed E-state index contributed by atoms with van der Waals surface area (Å²) < 4.78 is 0. The van der Waals surface area contributed by atoms with Crippen molar-refractivity contribution in [3.63, 3.8) is 0 Å². The smallest absolute Gasteiger partial charge is 0.00484 e. The van der Waals surface area contributed by atoms with Crippen molar-refractivity contribution in [1.29, 1.82) is 0 Å². The predicted molar refractivity (Wildman–Crippen MR) is 36.5 cm³/mol. The molecule has 0 fully saturated rings. The molecule has 0 aliphatic heterocycles. The average Bonchev–Trinajstić information content (AvgIpc) is 1.81. The molecule has 2 nitrogen and oxygen atoms in total. The topological polar surface area (TPSA) is 38.0 Å². The summed E-state index contributed by atoms with van der Waals surface area (Å²) in [6.07, 6.45) is 2.29. The Bertz CT molecular complexity index is 31.5. The summed E-state index contributed by atoms with van der Waals surface area (Å²) in [6.45, 7) is 6.33. The minimum Gasteiger partial charge on any atom is -0.330 e. The van der Waals surface area contributed by atoms with Crippen LogP contribution in [-0.2, 0) is 0 Å². The second kappa shape index (κ2) is 6.92. The Labute approximate surface area is 51.5 Å². The average molecular weight is 115 g/mol. The van der Waals surface area contributed by atoms with Gasteiger partial charge in [-0.05, 0) is 39.4 Å². The molecule has 0 bridgehead atoms. The number of rotatable bonds is 5. The Morgan fingerprint density at radius 1 is 1.38 bits per heavy atom. The summed E-state index contributed by atoms with van der Waals surface area (Å²) in [5.41, 5.74) is 5.27. The van der Waals surface area contributed by atoms with Crippen LogP contribution < -0.4 is 11.1 Å². The minimum absolute atomic E-state index is 0.804. The molecular weight excluding hydrogens is 100 g/mol. The van der Waals surface area contributed by atoms with Crippen molar-refractivity contribution in [3.8, 4) is 0 Å². The van der Waals surface area contributed by atoms with Crippen LogP contribution in [0, 0.1) is 6.92 Å². The van der Waals surface area contributed by atoms with Gasteiger partial charge in [0.1, 0.15) is 0 Å². The summed E-state index contributed by atoms with van der Waals surface area (Å²) in [6, 6.07) is 0. The minimum atomic E-state index is 0.804. The normalized spacial score (nSPS) is 9.75. The third-order valence-corrected chi connectivity index (χ3v) is 0.984. The largest absolute Gasteiger partial charge is 0.330 e. The van der Waals surface area contributed by atoms with Gasteiger partial charge in [0.2, 0.25) is 0 Å². The molecule has 0 aromatic heterocycles. The van der Waals surface area contributed by atoms with Crippen molar-refractivity contribution >= 4 is 0 Å². The summed E-state index contributed by atoms with van der Waals surface area (Å²) in [7, 11) is 0. The highest BCUT2D eigenvalue weighted by Crippen LogP contribution is 1.80. The van der Waals surface area contributed by atoms with E-state index >= 15 is 0 Å². The lowest BCUT2D eigenvalue weighted by molar-refractivity contribution is 0.660. The summed E-state index contributed by atoms with van der Waals surface area (Å²) in [4.78, 5) is 0. The number of nitrogens with one attached hydrogen (secondary N) is 1. The standard InChI is InChI=1S/C6H15N2/c1-2-8-6-4-3-5-7/h8H,1-7H2. The molecule has 0 aromatic carbocycles. The molecule has 0 saturated heterocycles. The molecule has 0 saturated carbocycles. The van der Waals surface area contributed by atoms with E-state index in [9.17, 15) is 0 Å². The molecule has 0 heterocycles. The second-order valence-electron chi connectivity index (χ2n) is 1.75. The van der Waals surface area contributed by atoms with Crippen LogP contribution in [0.2, 0.25) is 0 Å². The molecule has 49 valence electrons. The Morgan fingerprint density at radius 3 is 2.62 bits per heavy atom. The first-order valence-corrected chi connectivity index (χ1v) is 3.12. The number of unbranched alkanes of at least 4 members (excludes halogenated alkanes) is 1. The molecule has 0 aliphatic rings. The van der Waals surface area contributed by atoms with E-state index in [2.05, 4.69) is 12.2 Å². The summed E-state index contributed by atoms with van der Waals surface area (Å²) in [5, 5.41) is 3.12. The van der Waals surface area contributed by atoms with Gasteiger partial charge < -0.3 is 11.1 Å². The first kappa shape index (κ1) is 7.92. The van der Waals surface area contributed by atoms with E-state index in [0.717, 1.165) is 26.1 Å². The van der Waals surface area contributed by atoms with Crippen LogP contribution in [0.3, 0.4) is 0 Å². The van der Waals surface area contributed by atoms with Crippen LogP contribution in [0.15, 0.2) is 0 Å². The van der Waals surface area contributed by atoms with E-state index in [1.165, 1.54) is 6.42 Å². The fourth-order valence-electron chi connectivity index (χ4n) is 0.519. The van der Waals surface area contributed by atoms with Crippen LogP contribution in [-0.4, -0.2) is 19.6 Å². The zero-order chi connectivity index (χ0) is 6.24. The molecule has 8 heavy (non-hydrogen) atoms. The fourth-order valence-corrected chi connectivity index (χ4v) is 0.519. The molecule has 3 N–H and O–H groups in total. The third-order valence-electron chi connectivity index (χ3n) is 0.984. The zero-order valence-electron chi connectivity index (χ0n) is 5.32. The van der Waals surface area contributed by atoms with E-state index in [1.54, 1.807) is 0 Å². The maximum absolute atomic E-state index is 5.27. The molecule has 0 atom stereocenters. The van der Waals surface area contributed by atoms with E-state index in [1.807, 2.05) is 0 Å². The lowest BCUT2D eigenvalue weighted by atomic mass is 10.3. The Morgan fingerprint density at radius 2 is 2.12 bits per heavy atom. The molecule has 0 rings (SSSR count). The van der Waals surface area contributed by atoms with Gasteiger partial charge in [-0.15, -0.1) is 0 Å². The third kappa shape index (κ3) is 5.92. The summed E-state index contributed by atoms with van der Waals surface area (Å²) >= 11 is 0. The van der Waals surface area contributed by atoms with Crippen LogP contribution in [0.1, 0.15) is 12.8 Å². The summed E-state index contributed by atoms with van der Waals surface area (Å²) in [5.74, 6) is 0. The number of hydrogen-bond donors (Lipinski definition) is 2. The first-order chi connectivity index (χ1) is 3.91. The number of hydrogen-bond acceptors (Lipinski definition) is 2. The first-order valence-electron chi connectivity index (χ1n) is 3.12. The predicted octanol–water partition coefficient (Wildman–Crippen LogP) is 0.149. The lowest BCUT2D eigenvalue weighted by Gasteiger charge is -1.97. The molecule has 0 aliphatic carbocycles. The van der Waals surface area contributed by atoms with Crippen molar-refractivity contribution in [2.24, 2.45) is 5.73 Å². The maximum Gasteiger partial charge on any atom is -0.00484 e. The van der Waals surface area contributed by atoms with E-state index in [4.69, 9.17) is 5.73 Å². The number of nitrogens with two attached hydrogens (primary N) is 1. The van der Waals surface area contributed by atoms with E-state index < -0.39 is 0 Å². The maximum atomic E-state index is 5.27. The van der Waals surface area contributed by atoms with Gasteiger partial charge in [0.05, 0.1) is 0 Å². The van der Waals surface area contributed by atoms with Crippen molar-refractivity contribution in [2.45, 2.75) is 12.8 Å². The highest BCUT2D eigenvalue weighted by atomic mass is 14.8. The molecule has 2 heteroatoms. The van der Waals surface area contributed by atoms with Crippen LogP contribution >= 0.6 is 0 Å². The van der Waals surface area contributed by atoms with Crippen molar-refractivity contribution < 1.29 is 0 Å². The Balaban J connectivity index is 2.53. The van der Waals surface area contributed by atoms with E-state index in [0.29, 0.717) is 0 Å². The van der Waals surface area contributed by atoms with Gasteiger partial charge >= 0.3 is 0 Å². The molecule has 0 aromatic rings. The monoisotopic (exact) mass is 115 g/mol. The molecule has 1 radical (unpaired) electrons. The van der Waals surface area contributed by atoms with Gasteiger partial charge in [0, 0.05) is 0 Å². The van der Waals surface area contributed by atoms with Gasteiger partial charge in [-0.3, -0.25) is 0 Å². The molecule has 0 unspecified atom stereocenters. The molecule has 0 spiro atoms.